The summed E-state index contributed by atoms with van der Waals surface area (Å²) in [4.78, 5) is 5.71. The van der Waals surface area contributed by atoms with Crippen LogP contribution in [0.5, 0.6) is 0 Å². The third-order valence-electron chi connectivity index (χ3n) is 3.42. The van der Waals surface area contributed by atoms with E-state index < -0.39 is 0 Å². The Hall–Kier alpha value is -1.85. The molecule has 0 aliphatic heterocycles. The monoisotopic (exact) mass is 284 g/mol. The van der Waals surface area contributed by atoms with E-state index in [0.29, 0.717) is 0 Å². The molecule has 1 unspecified atom stereocenters. The zero-order chi connectivity index (χ0) is 13.9. The van der Waals surface area contributed by atoms with E-state index in [2.05, 4.69) is 38.9 Å². The molecule has 4 nitrogen and oxygen atoms in total. The average molecular weight is 284 g/mol. The standard InChI is InChI=1S/C15H16N4S/c1-3-12-15(20-19-18-12)14(16-2)11-8-10-6-4-5-7-13(10)17-9-11/h4-9,14,16H,3H2,1-2H3. The molecule has 1 aromatic carbocycles. The van der Waals surface area contributed by atoms with E-state index in [9.17, 15) is 0 Å². The normalized spacial score (nSPS) is 12.7. The molecule has 5 heteroatoms. The fourth-order valence-electron chi connectivity index (χ4n) is 2.37. The van der Waals surface area contributed by atoms with Gasteiger partial charge in [0.05, 0.1) is 22.1 Å². The summed E-state index contributed by atoms with van der Waals surface area (Å²) >= 11 is 1.46. The van der Waals surface area contributed by atoms with Crippen LogP contribution in [0.2, 0.25) is 0 Å². The molecule has 0 fully saturated rings. The van der Waals surface area contributed by atoms with E-state index in [1.54, 1.807) is 0 Å². The zero-order valence-electron chi connectivity index (χ0n) is 11.5. The molecule has 1 atom stereocenters. The molecule has 0 aliphatic carbocycles. The van der Waals surface area contributed by atoms with Crippen molar-refractivity contribution in [3.05, 3.63) is 52.7 Å². The second-order valence-corrected chi connectivity index (χ2v) is 5.41. The Morgan fingerprint density at radius 2 is 2.15 bits per heavy atom. The van der Waals surface area contributed by atoms with Gasteiger partial charge in [0, 0.05) is 11.6 Å². The Balaban J connectivity index is 2.07. The van der Waals surface area contributed by atoms with Gasteiger partial charge in [-0.1, -0.05) is 29.6 Å². The van der Waals surface area contributed by atoms with Gasteiger partial charge in [0.1, 0.15) is 0 Å². The van der Waals surface area contributed by atoms with E-state index >= 15 is 0 Å². The molecule has 2 heterocycles. The van der Waals surface area contributed by atoms with Crippen LogP contribution in [-0.4, -0.2) is 21.6 Å². The zero-order valence-corrected chi connectivity index (χ0v) is 12.3. The lowest BCUT2D eigenvalue weighted by molar-refractivity contribution is 0.691. The third kappa shape index (κ3) is 2.30. The van der Waals surface area contributed by atoms with Crippen molar-refractivity contribution in [3.8, 4) is 0 Å². The molecule has 20 heavy (non-hydrogen) atoms. The summed E-state index contributed by atoms with van der Waals surface area (Å²) in [5, 5.41) is 8.70. The molecule has 102 valence electrons. The van der Waals surface area contributed by atoms with Gasteiger partial charge in [-0.3, -0.25) is 4.98 Å². The second kappa shape index (κ2) is 5.64. The Bertz CT molecular complexity index is 722. The first-order valence-corrected chi connectivity index (χ1v) is 7.44. The van der Waals surface area contributed by atoms with Gasteiger partial charge >= 0.3 is 0 Å². The van der Waals surface area contributed by atoms with E-state index in [1.807, 2.05) is 31.4 Å². The fourth-order valence-corrected chi connectivity index (χ4v) is 3.25. The predicted octanol–water partition coefficient (Wildman–Crippen LogP) is 2.96. The van der Waals surface area contributed by atoms with Crippen molar-refractivity contribution >= 4 is 22.4 Å². The molecule has 2 aromatic heterocycles. The van der Waals surface area contributed by atoms with Gasteiger partial charge in [-0.2, -0.15) is 0 Å². The van der Waals surface area contributed by atoms with Gasteiger partial charge < -0.3 is 5.32 Å². The van der Waals surface area contributed by atoms with Crippen LogP contribution in [0.4, 0.5) is 0 Å². The highest BCUT2D eigenvalue weighted by atomic mass is 32.1. The maximum Gasteiger partial charge on any atom is 0.0804 e. The predicted molar refractivity (Wildman–Crippen MR) is 81.9 cm³/mol. The minimum Gasteiger partial charge on any atom is -0.309 e. The molecule has 0 bridgehead atoms. The summed E-state index contributed by atoms with van der Waals surface area (Å²) in [6.07, 6.45) is 2.83. The number of nitrogens with zero attached hydrogens (tertiary/aromatic N) is 3. The minimum absolute atomic E-state index is 0.0991. The molecule has 1 N–H and O–H groups in total. The number of aromatic nitrogens is 3. The number of nitrogens with one attached hydrogen (secondary N) is 1. The van der Waals surface area contributed by atoms with Gasteiger partial charge in [-0.25, -0.2) is 0 Å². The van der Waals surface area contributed by atoms with Crippen LogP contribution in [0.25, 0.3) is 10.9 Å². The van der Waals surface area contributed by atoms with Crippen LogP contribution >= 0.6 is 11.5 Å². The van der Waals surface area contributed by atoms with Crippen LogP contribution in [0, 0.1) is 0 Å². The molecular formula is C15H16N4S. The number of rotatable bonds is 4. The van der Waals surface area contributed by atoms with E-state index in [0.717, 1.165) is 28.6 Å². The number of hydrogen-bond acceptors (Lipinski definition) is 5. The number of pyridine rings is 1. The summed E-state index contributed by atoms with van der Waals surface area (Å²) in [5.74, 6) is 0. The topological polar surface area (TPSA) is 50.7 Å². The van der Waals surface area contributed by atoms with Crippen molar-refractivity contribution in [1.29, 1.82) is 0 Å². The first-order chi connectivity index (χ1) is 9.83. The van der Waals surface area contributed by atoms with Crippen LogP contribution in [0.3, 0.4) is 0 Å². The lowest BCUT2D eigenvalue weighted by atomic mass is 10.0. The number of aryl methyl sites for hydroxylation is 1. The van der Waals surface area contributed by atoms with Crippen LogP contribution in [0.1, 0.15) is 29.1 Å². The average Bonchev–Trinajstić information content (AvgIpc) is 2.96. The largest absolute Gasteiger partial charge is 0.309 e. The first kappa shape index (κ1) is 13.1. The second-order valence-electron chi connectivity index (χ2n) is 4.62. The molecule has 0 radical (unpaired) electrons. The lowest BCUT2D eigenvalue weighted by Crippen LogP contribution is -2.18. The van der Waals surface area contributed by atoms with E-state index in [-0.39, 0.29) is 6.04 Å². The summed E-state index contributed by atoms with van der Waals surface area (Å²) < 4.78 is 4.08. The van der Waals surface area contributed by atoms with Crippen LogP contribution in [0.15, 0.2) is 36.5 Å². The van der Waals surface area contributed by atoms with Crippen LogP contribution < -0.4 is 5.32 Å². The molecule has 0 saturated heterocycles. The number of hydrogen-bond donors (Lipinski definition) is 1. The quantitative estimate of drug-likeness (QED) is 0.800. The lowest BCUT2D eigenvalue weighted by Gasteiger charge is -2.15. The van der Waals surface area contributed by atoms with Gasteiger partial charge in [0.2, 0.25) is 0 Å². The van der Waals surface area contributed by atoms with Crippen molar-refractivity contribution in [2.75, 3.05) is 7.05 Å². The smallest absolute Gasteiger partial charge is 0.0804 e. The fraction of sp³-hybridized carbons (Fsp3) is 0.267. The summed E-state index contributed by atoms with van der Waals surface area (Å²) in [5.41, 5.74) is 3.22. The molecule has 0 aliphatic rings. The number of benzene rings is 1. The molecule has 3 rings (SSSR count). The molecule has 3 aromatic rings. The number of fused-ring (bicyclic) bond motifs is 1. The maximum atomic E-state index is 4.54. The molecule has 0 amide bonds. The Labute approximate surface area is 122 Å². The first-order valence-electron chi connectivity index (χ1n) is 6.66. The van der Waals surface area contributed by atoms with Crippen molar-refractivity contribution in [2.24, 2.45) is 0 Å². The van der Waals surface area contributed by atoms with Gasteiger partial charge in [0.25, 0.3) is 0 Å². The Kier molecular flexibility index (Phi) is 3.71. The van der Waals surface area contributed by atoms with Crippen molar-refractivity contribution in [3.63, 3.8) is 0 Å². The highest BCUT2D eigenvalue weighted by Crippen LogP contribution is 2.28. The minimum atomic E-state index is 0.0991. The summed E-state index contributed by atoms with van der Waals surface area (Å²) in [6.45, 7) is 2.10. The summed E-state index contributed by atoms with van der Waals surface area (Å²) in [7, 11) is 1.96. The Morgan fingerprint density at radius 3 is 2.95 bits per heavy atom. The van der Waals surface area contributed by atoms with Gasteiger partial charge in [0.15, 0.2) is 0 Å². The van der Waals surface area contributed by atoms with E-state index in [1.165, 1.54) is 16.4 Å². The van der Waals surface area contributed by atoms with Gasteiger partial charge in [-0.15, -0.1) is 5.10 Å². The van der Waals surface area contributed by atoms with Crippen molar-refractivity contribution < 1.29 is 0 Å². The summed E-state index contributed by atoms with van der Waals surface area (Å²) in [6, 6.07) is 10.4. The molecular weight excluding hydrogens is 268 g/mol. The van der Waals surface area contributed by atoms with Gasteiger partial charge in [-0.05, 0) is 42.7 Å². The highest BCUT2D eigenvalue weighted by molar-refractivity contribution is 7.05. The van der Waals surface area contributed by atoms with Crippen molar-refractivity contribution in [1.82, 2.24) is 19.9 Å². The highest BCUT2D eigenvalue weighted by Gasteiger charge is 2.19. The number of para-hydroxylation sites is 1. The maximum absolute atomic E-state index is 4.54. The third-order valence-corrected chi connectivity index (χ3v) is 4.25. The molecule has 0 spiro atoms. The Morgan fingerprint density at radius 1 is 1.30 bits per heavy atom. The van der Waals surface area contributed by atoms with Crippen LogP contribution in [-0.2, 0) is 6.42 Å². The van der Waals surface area contributed by atoms with Crippen molar-refractivity contribution in [2.45, 2.75) is 19.4 Å². The molecule has 0 saturated carbocycles. The van der Waals surface area contributed by atoms with E-state index in [4.69, 9.17) is 0 Å². The SMILES string of the molecule is CCc1nnsc1C(NC)c1cnc2ccccc2c1.